The van der Waals surface area contributed by atoms with Crippen LogP contribution in [0.25, 0.3) is 16.6 Å². The van der Waals surface area contributed by atoms with E-state index >= 15 is 0 Å². The van der Waals surface area contributed by atoms with Crippen molar-refractivity contribution >= 4 is 41.7 Å². The quantitative estimate of drug-likeness (QED) is 0.241. The molecule has 0 unspecified atom stereocenters. The molecule has 0 radical (unpaired) electrons. The fourth-order valence-electron chi connectivity index (χ4n) is 6.46. The van der Waals surface area contributed by atoms with Gasteiger partial charge in [-0.15, -0.1) is 24.8 Å². The van der Waals surface area contributed by atoms with Crippen LogP contribution in [0.15, 0.2) is 48.8 Å². The number of benzene rings is 2. The molecule has 6 nitrogen and oxygen atoms in total. The van der Waals surface area contributed by atoms with Crippen LogP contribution in [-0.2, 0) is 24.0 Å². The first-order valence-electron chi connectivity index (χ1n) is 14.0. The van der Waals surface area contributed by atoms with E-state index in [2.05, 4.69) is 70.8 Å². The highest BCUT2D eigenvalue weighted by molar-refractivity contribution is 5.89. The van der Waals surface area contributed by atoms with Crippen molar-refractivity contribution in [2.24, 2.45) is 0 Å². The van der Waals surface area contributed by atoms with Gasteiger partial charge in [-0.2, -0.15) is 0 Å². The van der Waals surface area contributed by atoms with E-state index in [1.807, 2.05) is 6.92 Å². The van der Waals surface area contributed by atoms with Gasteiger partial charge in [-0.1, -0.05) is 24.3 Å². The SMILES string of the molecule is CCOC(=O)c1ncn2c1CCc1c-2ccc(C)c1CCN1CCC(c2cccc3nc(C)ccc23)CC1.Cl.Cl. The van der Waals surface area contributed by atoms with E-state index in [1.165, 1.54) is 40.5 Å². The van der Waals surface area contributed by atoms with Crippen LogP contribution in [0.5, 0.6) is 0 Å². The Kier molecular flexibility index (Phi) is 9.55. The molecule has 0 spiro atoms. The summed E-state index contributed by atoms with van der Waals surface area (Å²) in [4.78, 5) is 24.2. The summed E-state index contributed by atoms with van der Waals surface area (Å²) in [6.07, 6.45) is 6.95. The van der Waals surface area contributed by atoms with E-state index in [1.54, 1.807) is 6.33 Å². The smallest absolute Gasteiger partial charge is 0.358 e. The Hall–Kier alpha value is -2.93. The molecule has 4 aromatic rings. The molecule has 1 fully saturated rings. The zero-order chi connectivity index (χ0) is 26.2. The summed E-state index contributed by atoms with van der Waals surface area (Å²) in [5.74, 6) is 0.272. The molecule has 4 heterocycles. The molecule has 6 rings (SSSR count). The number of halogens is 2. The molecular weight excluding hydrogens is 543 g/mol. The number of esters is 1. The number of fused-ring (bicyclic) bond motifs is 4. The molecule has 2 aromatic carbocycles. The minimum Gasteiger partial charge on any atom is -0.461 e. The number of imidazole rings is 1. The Morgan fingerprint density at radius 3 is 2.60 bits per heavy atom. The number of aryl methyl sites for hydroxylation is 2. The number of piperidine rings is 1. The molecule has 0 N–H and O–H groups in total. The monoisotopic (exact) mass is 580 g/mol. The second-order valence-corrected chi connectivity index (χ2v) is 10.7. The van der Waals surface area contributed by atoms with E-state index in [9.17, 15) is 4.79 Å². The zero-order valence-electron chi connectivity index (χ0n) is 23.5. The van der Waals surface area contributed by atoms with E-state index in [0.29, 0.717) is 18.2 Å². The molecule has 1 saturated heterocycles. The number of pyridine rings is 1. The predicted molar refractivity (Wildman–Crippen MR) is 165 cm³/mol. The number of aromatic nitrogens is 3. The molecule has 0 saturated carbocycles. The number of carbonyl (C=O) groups is 1. The van der Waals surface area contributed by atoms with Crippen molar-refractivity contribution in [3.63, 3.8) is 0 Å². The summed E-state index contributed by atoms with van der Waals surface area (Å²) in [5, 5.41) is 1.31. The molecule has 0 atom stereocenters. The second-order valence-electron chi connectivity index (χ2n) is 10.7. The topological polar surface area (TPSA) is 60.2 Å². The minimum absolute atomic E-state index is 0. The second kappa shape index (κ2) is 12.7. The van der Waals surface area contributed by atoms with Gasteiger partial charge in [0.1, 0.15) is 6.33 Å². The predicted octanol–water partition coefficient (Wildman–Crippen LogP) is 6.58. The van der Waals surface area contributed by atoms with Gasteiger partial charge in [-0.3, -0.25) is 4.98 Å². The number of rotatable bonds is 6. The van der Waals surface area contributed by atoms with Gasteiger partial charge in [0.05, 0.1) is 23.5 Å². The van der Waals surface area contributed by atoms with Crippen molar-refractivity contribution in [1.29, 1.82) is 0 Å². The maximum atomic E-state index is 12.4. The van der Waals surface area contributed by atoms with E-state index in [4.69, 9.17) is 9.72 Å². The maximum Gasteiger partial charge on any atom is 0.358 e. The van der Waals surface area contributed by atoms with Crippen molar-refractivity contribution < 1.29 is 9.53 Å². The third-order valence-corrected chi connectivity index (χ3v) is 8.46. The summed E-state index contributed by atoms with van der Waals surface area (Å²) < 4.78 is 7.32. The highest BCUT2D eigenvalue weighted by atomic mass is 35.5. The highest BCUT2D eigenvalue weighted by Crippen LogP contribution is 2.34. The van der Waals surface area contributed by atoms with Crippen LogP contribution >= 0.6 is 24.8 Å². The molecular formula is C32H38Cl2N4O2. The van der Waals surface area contributed by atoms with Gasteiger partial charge >= 0.3 is 5.97 Å². The van der Waals surface area contributed by atoms with Gasteiger partial charge in [0.25, 0.3) is 0 Å². The third-order valence-electron chi connectivity index (χ3n) is 8.46. The van der Waals surface area contributed by atoms with Gasteiger partial charge < -0.3 is 14.2 Å². The molecule has 0 bridgehead atoms. The lowest BCUT2D eigenvalue weighted by atomic mass is 9.86. The average molecular weight is 582 g/mol. The lowest BCUT2D eigenvalue weighted by molar-refractivity contribution is 0.0518. The number of hydrogen-bond donors (Lipinski definition) is 0. The molecule has 212 valence electrons. The van der Waals surface area contributed by atoms with Gasteiger partial charge in [0.15, 0.2) is 5.69 Å². The summed E-state index contributed by atoms with van der Waals surface area (Å²) in [6, 6.07) is 15.4. The first-order chi connectivity index (χ1) is 18.5. The minimum atomic E-state index is -0.324. The number of likely N-dealkylation sites (tertiary alicyclic amines) is 1. The molecule has 2 aromatic heterocycles. The standard InChI is InChI=1S/C32H36N4O2.2ClH/c1-4-38-32(37)31-30-13-11-27-24(21(2)8-12-29(27)36(30)20-33-31)16-19-35-17-14-23(15-18-35)25-6-5-7-28-26(25)10-9-22(3)34-28;;/h5-10,12,20,23H,4,11,13-19H2,1-3H3;2*1H. The van der Waals surface area contributed by atoms with Gasteiger partial charge in [0.2, 0.25) is 0 Å². The number of carbonyl (C=O) groups excluding carboxylic acids is 1. The number of nitrogens with zero attached hydrogens (tertiary/aromatic N) is 4. The van der Waals surface area contributed by atoms with Gasteiger partial charge in [-0.25, -0.2) is 9.78 Å². The Balaban J connectivity index is 0.00000185. The fourth-order valence-corrected chi connectivity index (χ4v) is 6.46. The van der Waals surface area contributed by atoms with E-state index in [0.717, 1.165) is 61.5 Å². The zero-order valence-corrected chi connectivity index (χ0v) is 25.1. The van der Waals surface area contributed by atoms with Crippen LogP contribution in [0.3, 0.4) is 0 Å². The lowest BCUT2D eigenvalue weighted by Crippen LogP contribution is -2.34. The Labute approximate surface area is 249 Å². The van der Waals surface area contributed by atoms with Gasteiger partial charge in [0, 0.05) is 17.6 Å². The van der Waals surface area contributed by atoms with Crippen LogP contribution in [0, 0.1) is 13.8 Å². The normalized spacial score (nSPS) is 15.1. The molecule has 0 amide bonds. The summed E-state index contributed by atoms with van der Waals surface area (Å²) in [6.45, 7) is 9.81. The van der Waals surface area contributed by atoms with Crippen molar-refractivity contribution in [1.82, 2.24) is 19.4 Å². The first kappa shape index (κ1) is 30.0. The Morgan fingerprint density at radius 2 is 1.82 bits per heavy atom. The molecule has 40 heavy (non-hydrogen) atoms. The lowest BCUT2D eigenvalue weighted by Gasteiger charge is -2.33. The number of ether oxygens (including phenoxy) is 1. The molecule has 2 aliphatic rings. The molecule has 0 aliphatic carbocycles. The Morgan fingerprint density at radius 1 is 1.02 bits per heavy atom. The summed E-state index contributed by atoms with van der Waals surface area (Å²) in [7, 11) is 0. The average Bonchev–Trinajstić information content (AvgIpc) is 3.37. The molecule has 2 aliphatic heterocycles. The summed E-state index contributed by atoms with van der Waals surface area (Å²) in [5.41, 5.74) is 10.4. The van der Waals surface area contributed by atoms with Crippen molar-refractivity contribution in [3.05, 3.63) is 88.1 Å². The van der Waals surface area contributed by atoms with E-state index < -0.39 is 0 Å². The highest BCUT2D eigenvalue weighted by Gasteiger charge is 2.27. The number of hydrogen-bond acceptors (Lipinski definition) is 5. The largest absolute Gasteiger partial charge is 0.461 e. The van der Waals surface area contributed by atoms with Crippen LogP contribution in [0.2, 0.25) is 0 Å². The van der Waals surface area contributed by atoms with Crippen molar-refractivity contribution in [2.45, 2.75) is 58.8 Å². The van der Waals surface area contributed by atoms with Crippen LogP contribution in [0.4, 0.5) is 0 Å². The van der Waals surface area contributed by atoms with Crippen LogP contribution in [0.1, 0.15) is 69.8 Å². The van der Waals surface area contributed by atoms with Crippen molar-refractivity contribution in [3.8, 4) is 5.69 Å². The van der Waals surface area contributed by atoms with E-state index in [-0.39, 0.29) is 30.8 Å². The third kappa shape index (κ3) is 5.63. The van der Waals surface area contributed by atoms with Crippen LogP contribution < -0.4 is 0 Å². The first-order valence-corrected chi connectivity index (χ1v) is 14.0. The molecule has 8 heteroatoms. The summed E-state index contributed by atoms with van der Waals surface area (Å²) >= 11 is 0. The van der Waals surface area contributed by atoms with Gasteiger partial charge in [-0.05, 0) is 112 Å². The van der Waals surface area contributed by atoms with Crippen molar-refractivity contribution in [2.75, 3.05) is 26.2 Å². The Bertz CT molecular complexity index is 1510. The van der Waals surface area contributed by atoms with Crippen LogP contribution in [-0.4, -0.2) is 51.6 Å². The fraction of sp³-hybridized carbons (Fsp3) is 0.406. The maximum absolute atomic E-state index is 12.4.